The second-order valence-corrected chi connectivity index (χ2v) is 5.30. The SMILES string of the molecule is CCc1ccc(OCC(=O)N2CCCC(C(=O)O)C2)cc1. The summed E-state index contributed by atoms with van der Waals surface area (Å²) in [7, 11) is 0. The molecule has 1 heterocycles. The van der Waals surface area contributed by atoms with Crippen molar-refractivity contribution in [1.29, 1.82) is 0 Å². The van der Waals surface area contributed by atoms with Crippen molar-refractivity contribution in [2.75, 3.05) is 19.7 Å². The van der Waals surface area contributed by atoms with Crippen LogP contribution >= 0.6 is 0 Å². The first-order chi connectivity index (χ1) is 10.1. The van der Waals surface area contributed by atoms with Crippen molar-refractivity contribution in [3.05, 3.63) is 29.8 Å². The van der Waals surface area contributed by atoms with E-state index in [1.807, 2.05) is 24.3 Å². The molecule has 114 valence electrons. The number of hydrogen-bond donors (Lipinski definition) is 1. The zero-order valence-electron chi connectivity index (χ0n) is 12.2. The Hall–Kier alpha value is -2.04. The average molecular weight is 291 g/mol. The fourth-order valence-electron chi connectivity index (χ4n) is 2.46. The average Bonchev–Trinajstić information content (AvgIpc) is 2.53. The lowest BCUT2D eigenvalue weighted by atomic mass is 9.98. The third-order valence-corrected chi connectivity index (χ3v) is 3.82. The Morgan fingerprint density at radius 2 is 2.05 bits per heavy atom. The number of likely N-dealkylation sites (tertiary alicyclic amines) is 1. The maximum Gasteiger partial charge on any atom is 0.308 e. The summed E-state index contributed by atoms with van der Waals surface area (Å²) in [5.74, 6) is -0.775. The smallest absolute Gasteiger partial charge is 0.308 e. The van der Waals surface area contributed by atoms with Gasteiger partial charge in [0.05, 0.1) is 5.92 Å². The Morgan fingerprint density at radius 1 is 1.33 bits per heavy atom. The lowest BCUT2D eigenvalue weighted by Gasteiger charge is -2.30. The van der Waals surface area contributed by atoms with Gasteiger partial charge in [-0.15, -0.1) is 0 Å². The van der Waals surface area contributed by atoms with E-state index in [1.54, 1.807) is 4.90 Å². The molecule has 0 saturated carbocycles. The van der Waals surface area contributed by atoms with Crippen LogP contribution in [0.15, 0.2) is 24.3 Å². The van der Waals surface area contributed by atoms with Crippen molar-refractivity contribution >= 4 is 11.9 Å². The molecule has 2 rings (SSSR count). The molecule has 1 aromatic rings. The number of ether oxygens (including phenoxy) is 1. The Kier molecular flexibility index (Phi) is 5.20. The van der Waals surface area contributed by atoms with Gasteiger partial charge in [-0.3, -0.25) is 9.59 Å². The maximum absolute atomic E-state index is 12.1. The third kappa shape index (κ3) is 4.21. The number of benzene rings is 1. The first-order valence-electron chi connectivity index (χ1n) is 7.32. The van der Waals surface area contributed by atoms with Crippen LogP contribution in [0.25, 0.3) is 0 Å². The zero-order chi connectivity index (χ0) is 15.2. The Morgan fingerprint density at radius 3 is 2.67 bits per heavy atom. The van der Waals surface area contributed by atoms with E-state index in [0.717, 1.165) is 12.8 Å². The highest BCUT2D eigenvalue weighted by Crippen LogP contribution is 2.17. The molecule has 0 aromatic heterocycles. The summed E-state index contributed by atoms with van der Waals surface area (Å²) >= 11 is 0. The second kappa shape index (κ2) is 7.11. The number of nitrogens with zero attached hydrogens (tertiary/aromatic N) is 1. The summed E-state index contributed by atoms with van der Waals surface area (Å²) in [6.45, 7) is 2.93. The Balaban J connectivity index is 1.84. The molecule has 1 aliphatic heterocycles. The molecule has 1 N–H and O–H groups in total. The number of piperidine rings is 1. The summed E-state index contributed by atoms with van der Waals surface area (Å²) in [4.78, 5) is 24.6. The molecule has 5 heteroatoms. The molecule has 1 aromatic carbocycles. The van der Waals surface area contributed by atoms with E-state index < -0.39 is 11.9 Å². The normalized spacial score (nSPS) is 18.3. The van der Waals surface area contributed by atoms with Gasteiger partial charge in [0.1, 0.15) is 5.75 Å². The standard InChI is InChI=1S/C16H21NO4/c1-2-12-5-7-14(8-6-12)21-11-15(18)17-9-3-4-13(10-17)16(19)20/h5-8,13H,2-4,9-11H2,1H3,(H,19,20). The summed E-state index contributed by atoms with van der Waals surface area (Å²) in [5, 5.41) is 9.03. The van der Waals surface area contributed by atoms with Gasteiger partial charge in [-0.25, -0.2) is 0 Å². The number of carboxylic acid groups (broad SMARTS) is 1. The fourth-order valence-corrected chi connectivity index (χ4v) is 2.46. The fraction of sp³-hybridized carbons (Fsp3) is 0.500. The van der Waals surface area contributed by atoms with Gasteiger partial charge in [-0.2, -0.15) is 0 Å². The number of aliphatic carboxylic acids is 1. The Bertz CT molecular complexity index is 498. The van der Waals surface area contributed by atoms with Crippen molar-refractivity contribution < 1.29 is 19.4 Å². The van der Waals surface area contributed by atoms with E-state index in [9.17, 15) is 9.59 Å². The largest absolute Gasteiger partial charge is 0.484 e. The number of hydrogen-bond acceptors (Lipinski definition) is 3. The van der Waals surface area contributed by atoms with Crippen molar-refractivity contribution in [2.45, 2.75) is 26.2 Å². The maximum atomic E-state index is 12.1. The third-order valence-electron chi connectivity index (χ3n) is 3.82. The second-order valence-electron chi connectivity index (χ2n) is 5.30. The first kappa shape index (κ1) is 15.4. The molecule has 1 atom stereocenters. The van der Waals surface area contributed by atoms with Crippen LogP contribution in [0, 0.1) is 5.92 Å². The van der Waals surface area contributed by atoms with E-state index >= 15 is 0 Å². The minimum absolute atomic E-state index is 0.0438. The quantitative estimate of drug-likeness (QED) is 0.900. The zero-order valence-corrected chi connectivity index (χ0v) is 12.2. The highest BCUT2D eigenvalue weighted by Gasteiger charge is 2.28. The van der Waals surface area contributed by atoms with Crippen molar-refractivity contribution in [3.8, 4) is 5.75 Å². The van der Waals surface area contributed by atoms with Gasteiger partial charge in [0.25, 0.3) is 5.91 Å². The molecule has 1 aliphatic rings. The van der Waals surface area contributed by atoms with Gasteiger partial charge < -0.3 is 14.7 Å². The molecule has 1 saturated heterocycles. The van der Waals surface area contributed by atoms with Crippen LogP contribution in [-0.4, -0.2) is 41.6 Å². The van der Waals surface area contributed by atoms with E-state index in [1.165, 1.54) is 5.56 Å². The summed E-state index contributed by atoms with van der Waals surface area (Å²) in [6.07, 6.45) is 2.33. The minimum atomic E-state index is -0.830. The van der Waals surface area contributed by atoms with E-state index in [-0.39, 0.29) is 19.1 Å². The van der Waals surface area contributed by atoms with E-state index in [0.29, 0.717) is 18.7 Å². The number of carbonyl (C=O) groups excluding carboxylic acids is 1. The van der Waals surface area contributed by atoms with Gasteiger partial charge in [0.15, 0.2) is 6.61 Å². The number of amides is 1. The van der Waals surface area contributed by atoms with Crippen LogP contribution in [0.3, 0.4) is 0 Å². The molecule has 0 bridgehead atoms. The summed E-state index contributed by atoms with van der Waals surface area (Å²) < 4.78 is 5.48. The molecule has 1 unspecified atom stereocenters. The van der Waals surface area contributed by atoms with Crippen molar-refractivity contribution in [2.24, 2.45) is 5.92 Å². The summed E-state index contributed by atoms with van der Waals surface area (Å²) in [5.41, 5.74) is 1.22. The molecule has 0 aliphatic carbocycles. The van der Waals surface area contributed by atoms with Crippen molar-refractivity contribution in [3.63, 3.8) is 0 Å². The predicted molar refractivity (Wildman–Crippen MR) is 78.3 cm³/mol. The molecular weight excluding hydrogens is 270 g/mol. The molecule has 1 amide bonds. The lowest BCUT2D eigenvalue weighted by Crippen LogP contribution is -2.44. The van der Waals surface area contributed by atoms with Gasteiger partial charge in [0, 0.05) is 13.1 Å². The number of aryl methyl sites for hydroxylation is 1. The van der Waals surface area contributed by atoms with E-state index in [4.69, 9.17) is 9.84 Å². The van der Waals surface area contributed by atoms with Crippen LogP contribution in [0.5, 0.6) is 5.75 Å². The predicted octanol–water partition coefficient (Wildman–Crippen LogP) is 1.95. The van der Waals surface area contributed by atoms with Crippen LogP contribution in [-0.2, 0) is 16.0 Å². The first-order valence-corrected chi connectivity index (χ1v) is 7.32. The number of carbonyl (C=O) groups is 2. The number of rotatable bonds is 5. The van der Waals surface area contributed by atoms with E-state index in [2.05, 4.69) is 6.92 Å². The van der Waals surface area contributed by atoms with Crippen LogP contribution in [0.2, 0.25) is 0 Å². The topological polar surface area (TPSA) is 66.8 Å². The summed E-state index contributed by atoms with van der Waals surface area (Å²) in [6, 6.07) is 7.65. The monoisotopic (exact) mass is 291 g/mol. The molecular formula is C16H21NO4. The molecule has 21 heavy (non-hydrogen) atoms. The van der Waals surface area contributed by atoms with Crippen LogP contribution < -0.4 is 4.74 Å². The van der Waals surface area contributed by atoms with Crippen LogP contribution in [0.1, 0.15) is 25.3 Å². The molecule has 1 fully saturated rings. The highest BCUT2D eigenvalue weighted by molar-refractivity contribution is 5.79. The van der Waals surface area contributed by atoms with Gasteiger partial charge in [-0.05, 0) is 37.0 Å². The van der Waals surface area contributed by atoms with Gasteiger partial charge in [0.2, 0.25) is 0 Å². The van der Waals surface area contributed by atoms with Gasteiger partial charge >= 0.3 is 5.97 Å². The molecule has 5 nitrogen and oxygen atoms in total. The lowest BCUT2D eigenvalue weighted by molar-refractivity contribution is -0.146. The van der Waals surface area contributed by atoms with Gasteiger partial charge in [-0.1, -0.05) is 19.1 Å². The molecule has 0 radical (unpaired) electrons. The molecule has 0 spiro atoms. The highest BCUT2D eigenvalue weighted by atomic mass is 16.5. The Labute approximate surface area is 124 Å². The minimum Gasteiger partial charge on any atom is -0.484 e. The van der Waals surface area contributed by atoms with Crippen LogP contribution in [0.4, 0.5) is 0 Å². The number of carboxylic acids is 1. The van der Waals surface area contributed by atoms with Crippen molar-refractivity contribution in [1.82, 2.24) is 4.90 Å².